The smallest absolute Gasteiger partial charge is 0.0923 e. The predicted molar refractivity (Wildman–Crippen MR) is 129 cm³/mol. The zero-order chi connectivity index (χ0) is 21.2. The Morgan fingerprint density at radius 2 is 1.97 bits per heavy atom. The van der Waals surface area contributed by atoms with E-state index in [0.29, 0.717) is 0 Å². The molecule has 0 bridgehead atoms. The lowest BCUT2D eigenvalue weighted by atomic mass is 9.99. The Balaban J connectivity index is 1.48. The minimum Gasteiger partial charge on any atom is -0.382 e. The summed E-state index contributed by atoms with van der Waals surface area (Å²) in [5.41, 5.74) is 6.57. The van der Waals surface area contributed by atoms with Crippen molar-refractivity contribution in [2.75, 3.05) is 5.32 Å². The fraction of sp³-hybridized carbons (Fsp3) is 0.192. The van der Waals surface area contributed by atoms with E-state index in [-0.39, 0.29) is 12.0 Å². The summed E-state index contributed by atoms with van der Waals surface area (Å²) in [6.07, 6.45) is 16.4. The van der Waals surface area contributed by atoms with Gasteiger partial charge < -0.3 is 9.88 Å². The van der Waals surface area contributed by atoms with E-state index in [1.165, 1.54) is 22.0 Å². The van der Waals surface area contributed by atoms with Gasteiger partial charge in [-0.25, -0.2) is 0 Å². The molecule has 5 heteroatoms. The Kier molecular flexibility index (Phi) is 5.08. The van der Waals surface area contributed by atoms with E-state index >= 15 is 0 Å². The van der Waals surface area contributed by atoms with Gasteiger partial charge in [-0.1, -0.05) is 24.3 Å². The largest absolute Gasteiger partial charge is 0.382 e. The monoisotopic (exact) mass is 407 g/mol. The highest BCUT2D eigenvalue weighted by Crippen LogP contribution is 2.26. The number of allylic oxidation sites excluding steroid dienone is 2. The predicted octanol–water partition coefficient (Wildman–Crippen LogP) is 5.28. The lowest BCUT2D eigenvalue weighted by Crippen LogP contribution is -2.25. The van der Waals surface area contributed by atoms with Crippen LogP contribution in [0.4, 0.5) is 5.69 Å². The van der Waals surface area contributed by atoms with Crippen LogP contribution in [-0.4, -0.2) is 26.8 Å². The van der Waals surface area contributed by atoms with Crippen LogP contribution in [0.1, 0.15) is 18.1 Å². The Morgan fingerprint density at radius 1 is 1.06 bits per heavy atom. The number of aromatic nitrogens is 3. The number of anilines is 1. The molecule has 0 radical (unpaired) electrons. The van der Waals surface area contributed by atoms with Gasteiger partial charge in [-0.3, -0.25) is 15.0 Å². The Bertz CT molecular complexity index is 1310. The third kappa shape index (κ3) is 3.99. The van der Waals surface area contributed by atoms with Crippen molar-refractivity contribution in [1.29, 1.82) is 0 Å². The lowest BCUT2D eigenvalue weighted by molar-refractivity contribution is 0.720. The Hall–Kier alpha value is -3.73. The standard InChI is InChI=1S/C26H25N5/c1-18(21-5-3-4-9-27-17-21)30-23-15-22(26-24(16-23)28-10-11-29-26)13-19-6-7-20-8-12-31(2)25(20)14-19/h3-12,14-18,21,30H,13H2,1-2H3. The summed E-state index contributed by atoms with van der Waals surface area (Å²) in [6.45, 7) is 2.18. The van der Waals surface area contributed by atoms with Crippen LogP contribution in [0, 0.1) is 5.92 Å². The topological polar surface area (TPSA) is 55.1 Å². The maximum absolute atomic E-state index is 4.63. The van der Waals surface area contributed by atoms with Gasteiger partial charge in [0, 0.05) is 61.2 Å². The normalized spacial score (nSPS) is 16.6. The van der Waals surface area contributed by atoms with Crippen molar-refractivity contribution in [3.05, 3.63) is 90.5 Å². The molecule has 154 valence electrons. The molecular formula is C26H25N5. The highest BCUT2D eigenvalue weighted by Gasteiger charge is 2.15. The number of aliphatic imine (C=N–C) groups is 1. The molecule has 1 aliphatic rings. The van der Waals surface area contributed by atoms with Crippen LogP contribution in [0.25, 0.3) is 21.9 Å². The minimum absolute atomic E-state index is 0.196. The first-order chi connectivity index (χ1) is 15.2. The molecule has 0 saturated carbocycles. The molecule has 0 amide bonds. The number of aryl methyl sites for hydroxylation is 1. The maximum Gasteiger partial charge on any atom is 0.0923 e. The molecule has 4 aromatic rings. The van der Waals surface area contributed by atoms with E-state index in [1.54, 1.807) is 12.4 Å². The lowest BCUT2D eigenvalue weighted by Gasteiger charge is -2.21. The van der Waals surface area contributed by atoms with Gasteiger partial charge in [-0.15, -0.1) is 0 Å². The molecule has 5 nitrogen and oxygen atoms in total. The number of nitrogens with one attached hydrogen (secondary N) is 1. The first-order valence-corrected chi connectivity index (χ1v) is 10.6. The molecule has 2 atom stereocenters. The Morgan fingerprint density at radius 3 is 2.90 bits per heavy atom. The van der Waals surface area contributed by atoms with Gasteiger partial charge >= 0.3 is 0 Å². The van der Waals surface area contributed by atoms with Crippen molar-refractivity contribution in [1.82, 2.24) is 14.5 Å². The number of hydrogen-bond acceptors (Lipinski definition) is 4. The van der Waals surface area contributed by atoms with E-state index in [4.69, 9.17) is 0 Å². The SMILES string of the molecule is CC(Nc1cc(Cc2ccc3ccn(C)c3c2)c2nccnc2c1)C1C=CC=CN=C1. The average Bonchev–Trinajstić information content (AvgIpc) is 2.98. The summed E-state index contributed by atoms with van der Waals surface area (Å²) in [7, 11) is 2.08. The van der Waals surface area contributed by atoms with Gasteiger partial charge in [-0.2, -0.15) is 0 Å². The van der Waals surface area contributed by atoms with Crippen molar-refractivity contribution < 1.29 is 0 Å². The summed E-state index contributed by atoms with van der Waals surface area (Å²) in [5.74, 6) is 0.218. The van der Waals surface area contributed by atoms with Crippen LogP contribution in [0.2, 0.25) is 0 Å². The van der Waals surface area contributed by atoms with E-state index in [1.807, 2.05) is 24.6 Å². The molecular weight excluding hydrogens is 382 g/mol. The van der Waals surface area contributed by atoms with Crippen molar-refractivity contribution in [3.8, 4) is 0 Å². The van der Waals surface area contributed by atoms with Gasteiger partial charge in [0.1, 0.15) is 0 Å². The summed E-state index contributed by atoms with van der Waals surface area (Å²) < 4.78 is 2.16. The molecule has 2 aromatic carbocycles. The van der Waals surface area contributed by atoms with Gasteiger partial charge in [0.25, 0.3) is 0 Å². The summed E-state index contributed by atoms with van der Waals surface area (Å²) in [4.78, 5) is 13.5. The fourth-order valence-electron chi connectivity index (χ4n) is 4.15. The molecule has 2 aromatic heterocycles. The van der Waals surface area contributed by atoms with Crippen molar-refractivity contribution in [2.45, 2.75) is 19.4 Å². The van der Waals surface area contributed by atoms with Gasteiger partial charge in [0.05, 0.1) is 11.0 Å². The molecule has 5 rings (SSSR count). The number of rotatable bonds is 5. The quantitative estimate of drug-likeness (QED) is 0.489. The molecule has 0 fully saturated rings. The summed E-state index contributed by atoms with van der Waals surface area (Å²) in [6, 6.07) is 13.3. The molecule has 3 heterocycles. The first kappa shape index (κ1) is 19.2. The van der Waals surface area contributed by atoms with Gasteiger partial charge in [0.15, 0.2) is 0 Å². The number of nitrogens with zero attached hydrogens (tertiary/aromatic N) is 4. The van der Waals surface area contributed by atoms with Crippen LogP contribution in [0.15, 0.2) is 84.4 Å². The third-order valence-corrected chi connectivity index (χ3v) is 5.85. The van der Waals surface area contributed by atoms with Crippen LogP contribution in [0.5, 0.6) is 0 Å². The van der Waals surface area contributed by atoms with E-state index < -0.39 is 0 Å². The summed E-state index contributed by atoms with van der Waals surface area (Å²) in [5, 5.41) is 4.91. The fourth-order valence-corrected chi connectivity index (χ4v) is 4.15. The van der Waals surface area contributed by atoms with Gasteiger partial charge in [-0.05, 0) is 60.2 Å². The minimum atomic E-state index is 0.196. The van der Waals surface area contributed by atoms with Crippen LogP contribution >= 0.6 is 0 Å². The van der Waals surface area contributed by atoms with Crippen LogP contribution in [-0.2, 0) is 13.5 Å². The maximum atomic E-state index is 4.63. The third-order valence-electron chi connectivity index (χ3n) is 5.85. The highest BCUT2D eigenvalue weighted by molar-refractivity contribution is 5.84. The van der Waals surface area contributed by atoms with Crippen LogP contribution < -0.4 is 5.32 Å². The first-order valence-electron chi connectivity index (χ1n) is 10.6. The van der Waals surface area contributed by atoms with Gasteiger partial charge in [0.2, 0.25) is 0 Å². The zero-order valence-corrected chi connectivity index (χ0v) is 17.7. The Labute approximate surface area is 181 Å². The molecule has 1 N–H and O–H groups in total. The van der Waals surface area contributed by atoms with Crippen molar-refractivity contribution in [3.63, 3.8) is 0 Å². The molecule has 1 aliphatic heterocycles. The molecule has 0 saturated heterocycles. The molecule has 31 heavy (non-hydrogen) atoms. The number of fused-ring (bicyclic) bond motifs is 2. The van der Waals surface area contributed by atoms with Crippen LogP contribution in [0.3, 0.4) is 0 Å². The second kappa shape index (κ2) is 8.19. The highest BCUT2D eigenvalue weighted by atomic mass is 14.9. The second-order valence-electron chi connectivity index (χ2n) is 8.09. The zero-order valence-electron chi connectivity index (χ0n) is 17.7. The van der Waals surface area contributed by atoms with Crippen molar-refractivity contribution in [2.24, 2.45) is 18.0 Å². The molecule has 0 aliphatic carbocycles. The van der Waals surface area contributed by atoms with Crippen molar-refractivity contribution >= 4 is 33.8 Å². The molecule has 2 unspecified atom stereocenters. The van der Waals surface area contributed by atoms with E-state index in [9.17, 15) is 0 Å². The number of hydrogen-bond donors (Lipinski definition) is 1. The summed E-state index contributed by atoms with van der Waals surface area (Å²) >= 11 is 0. The molecule has 0 spiro atoms. The van der Waals surface area contributed by atoms with E-state index in [0.717, 1.165) is 23.1 Å². The average molecular weight is 408 g/mol. The van der Waals surface area contributed by atoms with E-state index in [2.05, 4.69) is 87.5 Å². The number of benzene rings is 2. The second-order valence-corrected chi connectivity index (χ2v) is 8.09.